The van der Waals surface area contributed by atoms with Gasteiger partial charge in [0.2, 0.25) is 0 Å². The van der Waals surface area contributed by atoms with E-state index in [1.54, 1.807) is 0 Å². The molecule has 0 saturated carbocycles. The molecule has 0 amide bonds. The fourth-order valence-electron chi connectivity index (χ4n) is 0. The summed E-state index contributed by atoms with van der Waals surface area (Å²) in [6.07, 6.45) is 0. The Hall–Kier alpha value is 5.44. The van der Waals surface area contributed by atoms with Gasteiger partial charge in [-0.3, -0.25) is 0 Å². The monoisotopic (exact) mass is 701 g/mol. The maximum atomic E-state index is 0. The zero-order chi connectivity index (χ0) is 0. The fraction of sp³-hybridized carbons (Fsp3) is 0. The summed E-state index contributed by atoms with van der Waals surface area (Å²) in [5.41, 5.74) is 0. The van der Waals surface area contributed by atoms with E-state index in [1.807, 2.05) is 0 Å². The second-order valence-electron chi connectivity index (χ2n) is 0. The van der Waals surface area contributed by atoms with Crippen LogP contribution in [0.4, 0.5) is 0 Å². The van der Waals surface area contributed by atoms with Crippen molar-refractivity contribution in [2.75, 3.05) is 0 Å². The zero-order valence-electron chi connectivity index (χ0n) is 3.17. The van der Waals surface area contributed by atoms with E-state index in [0.717, 1.165) is 0 Å². The summed E-state index contributed by atoms with van der Waals surface area (Å²) in [6, 6.07) is 0. The smallest absolute Gasteiger partial charge is 1.00 e. The molecule has 0 spiro atoms. The van der Waals surface area contributed by atoms with Crippen molar-refractivity contribution in [1.29, 1.82) is 0 Å². The summed E-state index contributed by atoms with van der Waals surface area (Å²) in [6.45, 7) is 0. The van der Waals surface area contributed by atoms with Crippen LogP contribution in [0.5, 0.6) is 0 Å². The summed E-state index contributed by atoms with van der Waals surface area (Å²) >= 11 is 0. The number of hydrogen-bond acceptors (Lipinski definition) is 0. The molecule has 0 unspecified atom stereocenters. The molecule has 7 heteroatoms. The maximum absolute atomic E-state index is 0. The van der Waals surface area contributed by atoms with Crippen LogP contribution >= 0.6 is 0 Å². The van der Waals surface area contributed by atoms with Crippen molar-refractivity contribution in [3.8, 4) is 0 Å². The minimum Gasteiger partial charge on any atom is -1.00 e. The van der Waals surface area contributed by atoms with E-state index in [9.17, 15) is 0 Å². The van der Waals surface area contributed by atoms with Crippen LogP contribution in [0.1, 0.15) is 0 Å². The zero-order valence-corrected chi connectivity index (χ0v) is 17.3. The SMILES string of the molecule is [Al+3].[Ca+2].[I-].[I-].[I-].[I-].[I-]. The average molecular weight is 702 g/mol. The largest absolute Gasteiger partial charge is 3.00 e. The van der Waals surface area contributed by atoms with E-state index in [2.05, 4.69) is 0 Å². The van der Waals surface area contributed by atoms with Gasteiger partial charge in [-0.2, -0.15) is 0 Å². The summed E-state index contributed by atoms with van der Waals surface area (Å²) < 4.78 is 0. The molecule has 0 fully saturated rings. The van der Waals surface area contributed by atoms with Gasteiger partial charge < -0.3 is 120 Å². The molecule has 7 heavy (non-hydrogen) atoms. The first-order valence-corrected chi connectivity index (χ1v) is 0. The third kappa shape index (κ3) is 34.4. The third-order valence-corrected chi connectivity index (χ3v) is 0. The third-order valence-electron chi connectivity index (χ3n) is 0. The summed E-state index contributed by atoms with van der Waals surface area (Å²) in [4.78, 5) is 0. The molecular weight excluding hydrogens is 702 g/mol. The van der Waals surface area contributed by atoms with Crippen LogP contribution < -0.4 is 120 Å². The first kappa shape index (κ1) is 55.0. The van der Waals surface area contributed by atoms with E-state index in [4.69, 9.17) is 0 Å². The molecule has 0 radical (unpaired) electrons. The minimum absolute atomic E-state index is 0. The molecule has 0 aromatic heterocycles. The van der Waals surface area contributed by atoms with Crippen LogP contribution in [0.3, 0.4) is 0 Å². The minimum atomic E-state index is 0. The van der Waals surface area contributed by atoms with Gasteiger partial charge in [0.15, 0.2) is 0 Å². The molecule has 0 saturated heterocycles. The van der Waals surface area contributed by atoms with Crippen molar-refractivity contribution in [2.45, 2.75) is 0 Å². The number of hydrogen-bond donors (Lipinski definition) is 0. The van der Waals surface area contributed by atoms with Crippen molar-refractivity contribution in [3.63, 3.8) is 0 Å². The molecule has 0 heterocycles. The Kier molecular flexibility index (Phi) is 331. The normalized spacial score (nSPS) is 0. The van der Waals surface area contributed by atoms with Gasteiger partial charge in [0.1, 0.15) is 0 Å². The molecule has 40 valence electrons. The van der Waals surface area contributed by atoms with Gasteiger partial charge >= 0.3 is 55.1 Å². The Bertz CT molecular complexity index is 8.04. The van der Waals surface area contributed by atoms with Gasteiger partial charge in [-0.05, 0) is 0 Å². The van der Waals surface area contributed by atoms with Crippen LogP contribution in [-0.4, -0.2) is 55.1 Å². The van der Waals surface area contributed by atoms with E-state index >= 15 is 0 Å². The van der Waals surface area contributed by atoms with Gasteiger partial charge in [-0.15, -0.1) is 0 Å². The summed E-state index contributed by atoms with van der Waals surface area (Å²) in [7, 11) is 0. The summed E-state index contributed by atoms with van der Waals surface area (Å²) in [5, 5.41) is 0. The quantitative estimate of drug-likeness (QED) is 0.174. The number of rotatable bonds is 0. The van der Waals surface area contributed by atoms with Gasteiger partial charge in [0, 0.05) is 0 Å². The van der Waals surface area contributed by atoms with Crippen LogP contribution in [0, 0.1) is 0 Å². The average Bonchev–Trinajstić information content (AvgIpc) is 0. The van der Waals surface area contributed by atoms with Crippen molar-refractivity contribution < 1.29 is 120 Å². The molecule has 0 rings (SSSR count). The van der Waals surface area contributed by atoms with Crippen LogP contribution in [0.15, 0.2) is 0 Å². The van der Waals surface area contributed by atoms with E-state index < -0.39 is 0 Å². The molecule has 0 aromatic carbocycles. The van der Waals surface area contributed by atoms with E-state index in [-0.39, 0.29) is 175 Å². The predicted molar refractivity (Wildman–Crippen MR) is 11.5 cm³/mol. The first-order chi connectivity index (χ1) is 0. The molecule has 0 atom stereocenters. The molecule has 0 nitrogen and oxygen atoms in total. The van der Waals surface area contributed by atoms with Crippen LogP contribution in [0.25, 0.3) is 0 Å². The Labute approximate surface area is 170 Å². The van der Waals surface area contributed by atoms with Crippen molar-refractivity contribution >= 4 is 55.1 Å². The maximum Gasteiger partial charge on any atom is 3.00 e. The molecule has 0 bridgehead atoms. The Morgan fingerprint density at radius 1 is 0.429 bits per heavy atom. The van der Waals surface area contributed by atoms with Gasteiger partial charge in [0.25, 0.3) is 0 Å². The Balaban J connectivity index is 0. The molecule has 0 aliphatic heterocycles. The second kappa shape index (κ2) is 42.1. The van der Waals surface area contributed by atoms with Crippen molar-refractivity contribution in [1.82, 2.24) is 0 Å². The van der Waals surface area contributed by atoms with Crippen molar-refractivity contribution in [2.24, 2.45) is 0 Å². The predicted octanol–water partition coefficient (Wildman–Crippen LogP) is -15.7. The van der Waals surface area contributed by atoms with Crippen molar-refractivity contribution in [3.05, 3.63) is 0 Å². The second-order valence-corrected chi connectivity index (χ2v) is 0. The van der Waals surface area contributed by atoms with Crippen LogP contribution in [0.2, 0.25) is 0 Å². The Morgan fingerprint density at radius 3 is 0.429 bits per heavy atom. The molecular formula is AlCaI5. The molecule has 0 aliphatic carbocycles. The topological polar surface area (TPSA) is 0 Å². The molecule has 0 aliphatic rings. The summed E-state index contributed by atoms with van der Waals surface area (Å²) in [5.74, 6) is 0. The Morgan fingerprint density at radius 2 is 0.429 bits per heavy atom. The fourth-order valence-corrected chi connectivity index (χ4v) is 0. The number of halogens is 5. The molecule has 0 N–H and O–H groups in total. The van der Waals surface area contributed by atoms with Gasteiger partial charge in [-0.25, -0.2) is 0 Å². The van der Waals surface area contributed by atoms with Gasteiger partial charge in [-0.1, -0.05) is 0 Å². The van der Waals surface area contributed by atoms with Gasteiger partial charge in [0.05, 0.1) is 0 Å². The van der Waals surface area contributed by atoms with E-state index in [0.29, 0.717) is 0 Å². The van der Waals surface area contributed by atoms with Crippen LogP contribution in [-0.2, 0) is 0 Å². The first-order valence-electron chi connectivity index (χ1n) is 0. The van der Waals surface area contributed by atoms with E-state index in [1.165, 1.54) is 0 Å². The molecule has 0 aromatic rings. The standard InChI is InChI=1S/Al.Ca.5HI/h;;5*1H/q+3;+2;;;;;/p-5.